The first-order chi connectivity index (χ1) is 8.90. The van der Waals surface area contributed by atoms with Crippen LogP contribution in [0.3, 0.4) is 0 Å². The zero-order chi connectivity index (χ0) is 14.4. The number of hydrogen-bond donors (Lipinski definition) is 3. The van der Waals surface area contributed by atoms with E-state index in [1.807, 2.05) is 6.92 Å². The minimum atomic E-state index is -1.14. The van der Waals surface area contributed by atoms with Crippen molar-refractivity contribution in [2.24, 2.45) is 11.7 Å². The summed E-state index contributed by atoms with van der Waals surface area (Å²) >= 11 is 0. The molecule has 0 aromatic heterocycles. The topological polar surface area (TPSA) is 75.3 Å². The van der Waals surface area contributed by atoms with Crippen LogP contribution in [0.15, 0.2) is 24.3 Å². The average Bonchev–Trinajstić information content (AvgIpc) is 2.35. The Kier molecular flexibility index (Phi) is 5.99. The fourth-order valence-electron chi connectivity index (χ4n) is 1.92. The van der Waals surface area contributed by atoms with E-state index in [0.29, 0.717) is 5.92 Å². The molecule has 0 saturated heterocycles. The van der Waals surface area contributed by atoms with Crippen LogP contribution < -0.4 is 11.1 Å². The molecule has 19 heavy (non-hydrogen) atoms. The molecule has 0 aliphatic carbocycles. The van der Waals surface area contributed by atoms with Gasteiger partial charge in [0.25, 0.3) is 0 Å². The summed E-state index contributed by atoms with van der Waals surface area (Å²) in [6, 6.07) is 8.47. The first kappa shape index (κ1) is 15.7. The Balaban J connectivity index is 2.53. The van der Waals surface area contributed by atoms with Crippen molar-refractivity contribution in [1.29, 1.82) is 0 Å². The highest BCUT2D eigenvalue weighted by Crippen LogP contribution is 2.15. The van der Waals surface area contributed by atoms with Gasteiger partial charge >= 0.3 is 0 Å². The zero-order valence-electron chi connectivity index (χ0n) is 11.9. The predicted octanol–water partition coefficient (Wildman–Crippen LogP) is 1.38. The maximum atomic E-state index is 10.7. The monoisotopic (exact) mass is 264 g/mol. The van der Waals surface area contributed by atoms with E-state index in [4.69, 9.17) is 5.73 Å². The smallest absolute Gasteiger partial charge is 0.247 e. The largest absolute Gasteiger partial charge is 0.382 e. The van der Waals surface area contributed by atoms with Crippen molar-refractivity contribution in [3.8, 4) is 0 Å². The molecule has 0 heterocycles. The number of hydrogen-bond acceptors (Lipinski definition) is 3. The molecule has 4 nitrogen and oxygen atoms in total. The van der Waals surface area contributed by atoms with Crippen LogP contribution in [-0.2, 0) is 11.2 Å². The third-order valence-corrected chi connectivity index (χ3v) is 3.07. The van der Waals surface area contributed by atoms with Crippen LogP contribution in [0.1, 0.15) is 37.9 Å². The number of aliphatic hydroxyl groups excluding tert-OH is 1. The van der Waals surface area contributed by atoms with Gasteiger partial charge in [0.2, 0.25) is 5.91 Å². The molecule has 2 atom stereocenters. The van der Waals surface area contributed by atoms with Gasteiger partial charge in [0.1, 0.15) is 6.10 Å². The summed E-state index contributed by atoms with van der Waals surface area (Å²) in [5, 5.41) is 12.4. The second-order valence-electron chi connectivity index (χ2n) is 5.39. The Labute approximate surface area is 115 Å². The van der Waals surface area contributed by atoms with Gasteiger partial charge in [0, 0.05) is 12.6 Å². The van der Waals surface area contributed by atoms with Gasteiger partial charge in [-0.25, -0.2) is 0 Å². The Bertz CT molecular complexity index is 401. The average molecular weight is 264 g/mol. The lowest BCUT2D eigenvalue weighted by Gasteiger charge is -2.16. The Morgan fingerprint density at radius 3 is 2.32 bits per heavy atom. The van der Waals surface area contributed by atoms with E-state index >= 15 is 0 Å². The normalized spacial score (nSPS) is 14.4. The van der Waals surface area contributed by atoms with Crippen LogP contribution in [-0.4, -0.2) is 23.7 Å². The molecule has 1 rings (SSSR count). The molecule has 0 saturated carbocycles. The van der Waals surface area contributed by atoms with Crippen molar-refractivity contribution in [2.45, 2.75) is 39.3 Å². The molecule has 4 N–H and O–H groups in total. The number of carbonyl (C=O) groups is 1. The maximum Gasteiger partial charge on any atom is 0.247 e. The number of rotatable bonds is 7. The van der Waals surface area contributed by atoms with Gasteiger partial charge in [-0.2, -0.15) is 0 Å². The number of amides is 1. The van der Waals surface area contributed by atoms with Crippen LogP contribution in [0.25, 0.3) is 0 Å². The summed E-state index contributed by atoms with van der Waals surface area (Å²) in [5.74, 6) is -0.0564. The van der Waals surface area contributed by atoms with Crippen LogP contribution in [0, 0.1) is 5.92 Å². The molecule has 0 radical (unpaired) electrons. The van der Waals surface area contributed by atoms with E-state index < -0.39 is 12.0 Å². The summed E-state index contributed by atoms with van der Waals surface area (Å²) in [5.41, 5.74) is 7.45. The first-order valence-corrected chi connectivity index (χ1v) is 6.69. The van der Waals surface area contributed by atoms with E-state index in [0.717, 1.165) is 12.0 Å². The molecule has 0 fully saturated rings. The van der Waals surface area contributed by atoms with Crippen LogP contribution in [0.5, 0.6) is 0 Å². The zero-order valence-corrected chi connectivity index (χ0v) is 11.9. The quantitative estimate of drug-likeness (QED) is 0.696. The number of carbonyl (C=O) groups excluding carboxylic acids is 1. The van der Waals surface area contributed by atoms with Crippen molar-refractivity contribution in [3.05, 3.63) is 35.4 Å². The number of aliphatic hydroxyl groups is 1. The van der Waals surface area contributed by atoms with Gasteiger partial charge in [-0.15, -0.1) is 0 Å². The van der Waals surface area contributed by atoms with Crippen LogP contribution in [0.2, 0.25) is 0 Å². The fourth-order valence-corrected chi connectivity index (χ4v) is 1.92. The second kappa shape index (κ2) is 7.26. The van der Waals surface area contributed by atoms with Gasteiger partial charge in [-0.1, -0.05) is 38.1 Å². The molecule has 0 bridgehead atoms. The number of benzene rings is 1. The fraction of sp³-hybridized carbons (Fsp3) is 0.533. The van der Waals surface area contributed by atoms with Crippen molar-refractivity contribution in [2.75, 3.05) is 6.54 Å². The molecule has 1 aromatic carbocycles. The molecule has 0 aliphatic rings. The van der Waals surface area contributed by atoms with E-state index in [2.05, 4.69) is 43.4 Å². The predicted molar refractivity (Wildman–Crippen MR) is 76.6 cm³/mol. The van der Waals surface area contributed by atoms with Crippen molar-refractivity contribution >= 4 is 5.91 Å². The standard InChI is InChI=1S/C15H24N2O2/c1-10(2)8-12-4-6-13(7-5-12)11(3)17-9-14(18)15(16)19/h4-7,10-11,14,17-18H,8-9H2,1-3H3,(H2,16,19). The first-order valence-electron chi connectivity index (χ1n) is 6.69. The number of nitrogens with one attached hydrogen (secondary N) is 1. The van der Waals surface area contributed by atoms with Gasteiger partial charge < -0.3 is 16.2 Å². The van der Waals surface area contributed by atoms with Crippen molar-refractivity contribution in [3.63, 3.8) is 0 Å². The molecule has 1 amide bonds. The summed E-state index contributed by atoms with van der Waals surface area (Å²) in [4.78, 5) is 10.7. The van der Waals surface area contributed by atoms with Crippen LogP contribution >= 0.6 is 0 Å². The third-order valence-electron chi connectivity index (χ3n) is 3.07. The SMILES string of the molecule is CC(C)Cc1ccc(C(C)NCC(O)C(N)=O)cc1. The molecular formula is C15H24N2O2. The second-order valence-corrected chi connectivity index (χ2v) is 5.39. The number of nitrogens with two attached hydrogens (primary N) is 1. The minimum Gasteiger partial charge on any atom is -0.382 e. The van der Waals surface area contributed by atoms with Gasteiger partial charge in [-0.3, -0.25) is 4.79 Å². The highest BCUT2D eigenvalue weighted by Gasteiger charge is 2.12. The Hall–Kier alpha value is -1.39. The summed E-state index contributed by atoms with van der Waals surface area (Å²) in [7, 11) is 0. The Morgan fingerprint density at radius 1 is 1.26 bits per heavy atom. The molecule has 106 valence electrons. The lowest BCUT2D eigenvalue weighted by atomic mass is 10.00. The van der Waals surface area contributed by atoms with E-state index in [-0.39, 0.29) is 12.6 Å². The Morgan fingerprint density at radius 2 is 1.84 bits per heavy atom. The molecule has 2 unspecified atom stereocenters. The molecule has 0 aliphatic heterocycles. The van der Waals surface area contributed by atoms with Gasteiger partial charge in [-0.05, 0) is 30.4 Å². The summed E-state index contributed by atoms with van der Waals surface area (Å²) in [6.07, 6.45) is -0.0645. The summed E-state index contributed by atoms with van der Waals surface area (Å²) in [6.45, 7) is 6.56. The van der Waals surface area contributed by atoms with E-state index in [9.17, 15) is 9.90 Å². The summed E-state index contributed by atoms with van der Waals surface area (Å²) < 4.78 is 0. The molecule has 4 heteroatoms. The van der Waals surface area contributed by atoms with Crippen LogP contribution in [0.4, 0.5) is 0 Å². The molecule has 0 spiro atoms. The van der Waals surface area contributed by atoms with E-state index in [1.165, 1.54) is 5.56 Å². The van der Waals surface area contributed by atoms with Gasteiger partial charge in [0.05, 0.1) is 0 Å². The van der Waals surface area contributed by atoms with E-state index in [1.54, 1.807) is 0 Å². The minimum absolute atomic E-state index is 0.0714. The van der Waals surface area contributed by atoms with Gasteiger partial charge in [0.15, 0.2) is 0 Å². The molecule has 1 aromatic rings. The molecular weight excluding hydrogens is 240 g/mol. The number of primary amides is 1. The maximum absolute atomic E-state index is 10.7. The highest BCUT2D eigenvalue weighted by atomic mass is 16.3. The third kappa shape index (κ3) is 5.41. The highest BCUT2D eigenvalue weighted by molar-refractivity contribution is 5.78. The lowest BCUT2D eigenvalue weighted by molar-refractivity contribution is -0.125. The lowest BCUT2D eigenvalue weighted by Crippen LogP contribution is -2.38. The van der Waals surface area contributed by atoms with Crippen molar-refractivity contribution < 1.29 is 9.90 Å². The van der Waals surface area contributed by atoms with Crippen molar-refractivity contribution in [1.82, 2.24) is 5.32 Å².